The zero-order valence-electron chi connectivity index (χ0n) is 19.8. The minimum atomic E-state index is -0.214. The zero-order chi connectivity index (χ0) is 23.7. The Bertz CT molecular complexity index is 1790. The molecule has 5 heteroatoms. The van der Waals surface area contributed by atoms with Crippen LogP contribution < -0.4 is 0 Å². The van der Waals surface area contributed by atoms with Gasteiger partial charge in [-0.3, -0.25) is 4.98 Å². The van der Waals surface area contributed by atoms with E-state index in [1.807, 2.05) is 30.5 Å². The standard InChI is InChI=1S/C31H22N3O.Pt/c1-31(2)22-9-7-11-27(35)29(22)30-23(31)15-16-24(33-30)19-13-14-21-20-8-3-4-10-25(20)34(26(21)18-19)28-12-5-6-17-32-28;/h3-17,35H,1-2H3;/q-1;. The molecule has 1 aliphatic carbocycles. The smallest absolute Gasteiger partial charge is 0.136 e. The number of phenols is 1. The molecule has 178 valence electrons. The molecule has 0 bridgehead atoms. The van der Waals surface area contributed by atoms with Crippen molar-refractivity contribution in [2.45, 2.75) is 19.3 Å². The molecule has 0 unspecified atom stereocenters. The second kappa shape index (κ2) is 8.14. The largest absolute Gasteiger partial charge is 0.507 e. The molecule has 0 amide bonds. The molecule has 1 N–H and O–H groups in total. The first kappa shape index (κ1) is 22.7. The van der Waals surface area contributed by atoms with Crippen molar-refractivity contribution >= 4 is 21.8 Å². The van der Waals surface area contributed by atoms with Crippen LogP contribution in [-0.4, -0.2) is 19.6 Å². The van der Waals surface area contributed by atoms with Crippen molar-refractivity contribution in [3.63, 3.8) is 0 Å². The molecular formula is C31H22N3OPt-. The van der Waals surface area contributed by atoms with Crippen LogP contribution in [-0.2, 0) is 26.5 Å². The summed E-state index contributed by atoms with van der Waals surface area (Å²) in [6.45, 7) is 4.36. The first-order chi connectivity index (χ1) is 17.0. The van der Waals surface area contributed by atoms with Crippen molar-refractivity contribution in [2.75, 3.05) is 0 Å². The Morgan fingerprint density at radius 2 is 1.64 bits per heavy atom. The average molecular weight is 648 g/mol. The summed E-state index contributed by atoms with van der Waals surface area (Å²) in [6.07, 6.45) is 1.81. The number of benzene rings is 3. The molecule has 0 saturated heterocycles. The summed E-state index contributed by atoms with van der Waals surface area (Å²) in [5.41, 5.74) is 7.49. The fourth-order valence-corrected chi connectivity index (χ4v) is 5.53. The van der Waals surface area contributed by atoms with Gasteiger partial charge in [-0.05, 0) is 52.0 Å². The molecule has 3 heterocycles. The first-order valence-electron chi connectivity index (χ1n) is 11.8. The first-order valence-corrected chi connectivity index (χ1v) is 11.8. The van der Waals surface area contributed by atoms with Crippen molar-refractivity contribution in [3.05, 3.63) is 108 Å². The van der Waals surface area contributed by atoms with E-state index in [9.17, 15) is 5.11 Å². The molecule has 3 aromatic carbocycles. The van der Waals surface area contributed by atoms with E-state index in [2.05, 4.69) is 84.1 Å². The van der Waals surface area contributed by atoms with Crippen LogP contribution in [0.3, 0.4) is 0 Å². The van der Waals surface area contributed by atoms with Gasteiger partial charge in [0, 0.05) is 43.8 Å². The Balaban J connectivity index is 0.00000240. The third-order valence-electron chi connectivity index (χ3n) is 7.26. The predicted molar refractivity (Wildman–Crippen MR) is 140 cm³/mol. The van der Waals surface area contributed by atoms with Crippen molar-refractivity contribution in [1.29, 1.82) is 0 Å². The SMILES string of the molecule is CC1(C)c2ccc(-c3[c-]c4c(cc3)c3ccccc3n4-c3ccccn3)nc2-c2c(O)cccc21.[Pt]. The molecule has 7 rings (SSSR count). The third kappa shape index (κ3) is 3.11. The summed E-state index contributed by atoms with van der Waals surface area (Å²) in [6, 6.07) is 32.1. The van der Waals surface area contributed by atoms with Crippen molar-refractivity contribution < 1.29 is 26.2 Å². The van der Waals surface area contributed by atoms with Gasteiger partial charge in [-0.25, -0.2) is 4.98 Å². The quantitative estimate of drug-likeness (QED) is 0.205. The molecule has 36 heavy (non-hydrogen) atoms. The molecule has 1 aliphatic rings. The van der Waals surface area contributed by atoms with Crippen LogP contribution in [0.5, 0.6) is 5.75 Å². The fourth-order valence-electron chi connectivity index (χ4n) is 5.53. The van der Waals surface area contributed by atoms with Gasteiger partial charge in [-0.1, -0.05) is 67.8 Å². The van der Waals surface area contributed by atoms with Gasteiger partial charge in [0.05, 0.1) is 5.69 Å². The second-order valence-electron chi connectivity index (χ2n) is 9.59. The van der Waals surface area contributed by atoms with Gasteiger partial charge in [-0.15, -0.1) is 23.8 Å². The van der Waals surface area contributed by atoms with E-state index >= 15 is 0 Å². The third-order valence-corrected chi connectivity index (χ3v) is 7.26. The Morgan fingerprint density at radius 3 is 2.47 bits per heavy atom. The molecule has 0 fully saturated rings. The van der Waals surface area contributed by atoms with Crippen LogP contribution in [0.2, 0.25) is 0 Å². The summed E-state index contributed by atoms with van der Waals surface area (Å²) in [7, 11) is 0. The van der Waals surface area contributed by atoms with Crippen LogP contribution >= 0.6 is 0 Å². The van der Waals surface area contributed by atoms with E-state index < -0.39 is 0 Å². The monoisotopic (exact) mass is 647 g/mol. The van der Waals surface area contributed by atoms with Crippen molar-refractivity contribution in [1.82, 2.24) is 14.5 Å². The predicted octanol–water partition coefficient (Wildman–Crippen LogP) is 7.05. The van der Waals surface area contributed by atoms with Gasteiger partial charge in [0.15, 0.2) is 0 Å². The van der Waals surface area contributed by atoms with E-state index in [1.54, 1.807) is 6.07 Å². The van der Waals surface area contributed by atoms with Crippen LogP contribution in [0.25, 0.3) is 50.1 Å². The minimum absolute atomic E-state index is 0. The molecule has 0 atom stereocenters. The number of rotatable bonds is 2. The average Bonchev–Trinajstić information content (AvgIpc) is 3.34. The number of hydrogen-bond donors (Lipinski definition) is 1. The summed E-state index contributed by atoms with van der Waals surface area (Å²) in [5.74, 6) is 1.13. The van der Waals surface area contributed by atoms with Crippen LogP contribution in [0.1, 0.15) is 25.0 Å². The number of phenolic OH excluding ortho intramolecular Hbond substituents is 1. The van der Waals surface area contributed by atoms with Gasteiger partial charge in [0.2, 0.25) is 0 Å². The Labute approximate surface area is 223 Å². The topological polar surface area (TPSA) is 50.9 Å². The van der Waals surface area contributed by atoms with Gasteiger partial charge in [-0.2, -0.15) is 0 Å². The molecule has 0 spiro atoms. The van der Waals surface area contributed by atoms with Crippen molar-refractivity contribution in [3.8, 4) is 34.1 Å². The van der Waals surface area contributed by atoms with Crippen LogP contribution in [0, 0.1) is 6.07 Å². The summed E-state index contributed by atoms with van der Waals surface area (Å²) in [5, 5.41) is 13.0. The zero-order valence-corrected chi connectivity index (χ0v) is 22.0. The van der Waals surface area contributed by atoms with E-state index in [0.29, 0.717) is 0 Å². The molecule has 3 aromatic heterocycles. The van der Waals surface area contributed by atoms with Gasteiger partial charge < -0.3 is 9.67 Å². The number of fused-ring (bicyclic) bond motifs is 6. The molecule has 0 saturated carbocycles. The van der Waals surface area contributed by atoms with E-state index in [4.69, 9.17) is 4.98 Å². The van der Waals surface area contributed by atoms with Crippen molar-refractivity contribution in [2.24, 2.45) is 0 Å². The van der Waals surface area contributed by atoms with Gasteiger partial charge in [0.25, 0.3) is 0 Å². The maximum Gasteiger partial charge on any atom is 0.136 e. The Morgan fingerprint density at radius 1 is 0.806 bits per heavy atom. The van der Waals surface area contributed by atoms with Gasteiger partial charge in [0.1, 0.15) is 11.6 Å². The number of pyridine rings is 2. The van der Waals surface area contributed by atoms with Crippen LogP contribution in [0.4, 0.5) is 0 Å². The summed E-state index contributed by atoms with van der Waals surface area (Å²) >= 11 is 0. The normalized spacial score (nSPS) is 13.4. The summed E-state index contributed by atoms with van der Waals surface area (Å²) in [4.78, 5) is 9.69. The van der Waals surface area contributed by atoms with Crippen LogP contribution in [0.15, 0.2) is 91.1 Å². The second-order valence-corrected chi connectivity index (χ2v) is 9.59. The molecule has 6 aromatic rings. The number of nitrogens with zero attached hydrogens (tertiary/aromatic N) is 3. The molecule has 0 radical (unpaired) electrons. The summed E-state index contributed by atoms with van der Waals surface area (Å²) < 4.78 is 2.16. The van der Waals surface area contributed by atoms with Gasteiger partial charge >= 0.3 is 0 Å². The Hall–Kier alpha value is -3.75. The fraction of sp³-hybridized carbons (Fsp3) is 0.0968. The molecular weight excluding hydrogens is 625 g/mol. The maximum atomic E-state index is 10.7. The number of para-hydroxylation sites is 1. The number of aromatic hydroxyl groups is 1. The maximum absolute atomic E-state index is 10.7. The van der Waals surface area contributed by atoms with E-state index in [1.165, 1.54) is 5.39 Å². The minimum Gasteiger partial charge on any atom is -0.507 e. The number of aromatic nitrogens is 3. The number of hydrogen-bond acceptors (Lipinski definition) is 3. The molecule has 4 nitrogen and oxygen atoms in total. The van der Waals surface area contributed by atoms with E-state index in [0.717, 1.165) is 55.9 Å². The molecule has 0 aliphatic heterocycles. The van der Waals surface area contributed by atoms with E-state index in [-0.39, 0.29) is 32.2 Å². The Kier molecular flexibility index (Phi) is 5.13.